The second-order valence-corrected chi connectivity index (χ2v) is 6.91. The minimum Gasteiger partial charge on any atom is -0.467 e. The van der Waals surface area contributed by atoms with Crippen LogP contribution in [0.1, 0.15) is 41.4 Å². The maximum absolute atomic E-state index is 12.7. The Kier molecular flexibility index (Phi) is 5.56. The molecule has 2 atom stereocenters. The van der Waals surface area contributed by atoms with E-state index in [2.05, 4.69) is 36.1 Å². The fourth-order valence-corrected chi connectivity index (χ4v) is 3.57. The minimum atomic E-state index is 0.0113. The van der Waals surface area contributed by atoms with E-state index in [1.165, 1.54) is 11.8 Å². The number of hydrogen-bond donors (Lipinski definition) is 1. The highest BCUT2D eigenvalue weighted by Crippen LogP contribution is 2.24. The van der Waals surface area contributed by atoms with Crippen molar-refractivity contribution in [1.82, 2.24) is 9.80 Å². The fraction of sp³-hybridized carbons (Fsp3) is 0.450. The molecule has 1 aromatic carbocycles. The molecule has 1 amide bonds. The first-order chi connectivity index (χ1) is 12.1. The van der Waals surface area contributed by atoms with Crippen molar-refractivity contribution in [1.29, 1.82) is 0 Å². The normalized spacial score (nSPS) is 21.2. The van der Waals surface area contributed by atoms with Gasteiger partial charge in [0.2, 0.25) is 0 Å². The molecule has 0 bridgehead atoms. The molecule has 5 heteroatoms. The molecule has 1 saturated heterocycles. The van der Waals surface area contributed by atoms with Crippen molar-refractivity contribution in [2.45, 2.75) is 44.9 Å². The van der Waals surface area contributed by atoms with E-state index in [1.807, 2.05) is 18.0 Å². The van der Waals surface area contributed by atoms with E-state index in [0.717, 1.165) is 25.9 Å². The zero-order chi connectivity index (χ0) is 17.8. The second-order valence-electron chi connectivity index (χ2n) is 6.91. The van der Waals surface area contributed by atoms with E-state index < -0.39 is 0 Å². The zero-order valence-corrected chi connectivity index (χ0v) is 15.0. The molecular weight excluding hydrogens is 314 g/mol. The Hall–Kier alpha value is -2.11. The van der Waals surface area contributed by atoms with Crippen molar-refractivity contribution < 1.29 is 9.21 Å². The van der Waals surface area contributed by atoms with Crippen molar-refractivity contribution in [2.24, 2.45) is 5.73 Å². The lowest BCUT2D eigenvalue weighted by atomic mass is 9.96. The number of furan rings is 1. The highest BCUT2D eigenvalue weighted by molar-refractivity contribution is 5.94. The molecule has 0 spiro atoms. The number of rotatable bonds is 5. The molecule has 134 valence electrons. The lowest BCUT2D eigenvalue weighted by Gasteiger charge is -2.41. The third-order valence-electron chi connectivity index (χ3n) is 5.18. The molecule has 0 radical (unpaired) electrons. The maximum atomic E-state index is 12.7. The van der Waals surface area contributed by atoms with E-state index in [9.17, 15) is 4.79 Å². The molecule has 3 rings (SSSR count). The Morgan fingerprint density at radius 1 is 1.36 bits per heavy atom. The smallest absolute Gasteiger partial charge is 0.257 e. The van der Waals surface area contributed by atoms with E-state index in [1.54, 1.807) is 6.07 Å². The van der Waals surface area contributed by atoms with Gasteiger partial charge >= 0.3 is 0 Å². The van der Waals surface area contributed by atoms with Gasteiger partial charge in [0.15, 0.2) is 0 Å². The van der Waals surface area contributed by atoms with Crippen LogP contribution < -0.4 is 5.73 Å². The average Bonchev–Trinajstić information content (AvgIpc) is 3.12. The Morgan fingerprint density at radius 2 is 2.12 bits per heavy atom. The van der Waals surface area contributed by atoms with Crippen LogP contribution in [0.4, 0.5) is 0 Å². The molecule has 2 N–H and O–H groups in total. The van der Waals surface area contributed by atoms with Gasteiger partial charge in [0, 0.05) is 32.2 Å². The van der Waals surface area contributed by atoms with Gasteiger partial charge in [-0.1, -0.05) is 30.3 Å². The van der Waals surface area contributed by atoms with Crippen molar-refractivity contribution in [3.8, 4) is 0 Å². The Morgan fingerprint density at radius 3 is 2.76 bits per heavy atom. The molecule has 1 aliphatic heterocycles. The summed E-state index contributed by atoms with van der Waals surface area (Å²) in [5.41, 5.74) is 7.48. The average molecular weight is 341 g/mol. The number of likely N-dealkylation sites (tertiary alicyclic amines) is 1. The van der Waals surface area contributed by atoms with Crippen LogP contribution in [-0.4, -0.2) is 41.4 Å². The molecule has 2 aromatic rings. The van der Waals surface area contributed by atoms with Gasteiger partial charge in [0.25, 0.3) is 5.91 Å². The van der Waals surface area contributed by atoms with Crippen LogP contribution in [0.15, 0.2) is 47.1 Å². The lowest BCUT2D eigenvalue weighted by molar-refractivity contribution is 0.0538. The first kappa shape index (κ1) is 17.7. The van der Waals surface area contributed by atoms with Gasteiger partial charge in [-0.05, 0) is 31.4 Å². The van der Waals surface area contributed by atoms with Gasteiger partial charge in [-0.15, -0.1) is 0 Å². The number of hydrogen-bond acceptors (Lipinski definition) is 4. The van der Waals surface area contributed by atoms with Crippen molar-refractivity contribution >= 4 is 5.91 Å². The standard InChI is InChI=1S/C20H27N3O2/c1-15-10-18(8-9-23(15)13-16-6-4-3-5-7-16)22(2)20(24)17-11-19(12-21)25-14-17/h3-7,11,14-15,18H,8-10,12-13,21H2,1-2H3. The minimum absolute atomic E-state index is 0.0113. The Balaban J connectivity index is 1.59. The van der Waals surface area contributed by atoms with Gasteiger partial charge in [0.1, 0.15) is 12.0 Å². The maximum Gasteiger partial charge on any atom is 0.257 e. The zero-order valence-electron chi connectivity index (χ0n) is 15.0. The first-order valence-electron chi connectivity index (χ1n) is 8.91. The first-order valence-corrected chi connectivity index (χ1v) is 8.91. The Bertz CT molecular complexity index is 698. The molecule has 1 aliphatic rings. The molecule has 5 nitrogen and oxygen atoms in total. The van der Waals surface area contributed by atoms with E-state index in [-0.39, 0.29) is 11.9 Å². The van der Waals surface area contributed by atoms with E-state index in [4.69, 9.17) is 10.2 Å². The SMILES string of the molecule is CC1CC(N(C)C(=O)c2coc(CN)c2)CCN1Cc1ccccc1. The molecule has 0 aliphatic carbocycles. The molecular formula is C20H27N3O2. The van der Waals surface area contributed by atoms with Crippen LogP contribution in [0.25, 0.3) is 0 Å². The van der Waals surface area contributed by atoms with Crippen LogP contribution in [0.2, 0.25) is 0 Å². The number of nitrogens with two attached hydrogens (primary N) is 1. The number of carbonyl (C=O) groups excluding carboxylic acids is 1. The van der Waals surface area contributed by atoms with E-state index >= 15 is 0 Å². The third-order valence-corrected chi connectivity index (χ3v) is 5.18. The molecule has 1 fully saturated rings. The van der Waals surface area contributed by atoms with Gasteiger partial charge in [-0.3, -0.25) is 9.69 Å². The van der Waals surface area contributed by atoms with Gasteiger partial charge in [-0.2, -0.15) is 0 Å². The van der Waals surface area contributed by atoms with E-state index in [0.29, 0.717) is 23.9 Å². The number of benzene rings is 1. The number of carbonyl (C=O) groups is 1. The van der Waals surface area contributed by atoms with Crippen LogP contribution in [-0.2, 0) is 13.1 Å². The third kappa shape index (κ3) is 4.11. The molecule has 2 unspecified atom stereocenters. The summed E-state index contributed by atoms with van der Waals surface area (Å²) in [6.07, 6.45) is 3.48. The van der Waals surface area contributed by atoms with Crippen molar-refractivity contribution in [3.63, 3.8) is 0 Å². The monoisotopic (exact) mass is 341 g/mol. The molecule has 1 aromatic heterocycles. The summed E-state index contributed by atoms with van der Waals surface area (Å²) in [5, 5.41) is 0. The molecule has 0 saturated carbocycles. The summed E-state index contributed by atoms with van der Waals surface area (Å²) < 4.78 is 5.30. The van der Waals surface area contributed by atoms with Gasteiger partial charge in [0.05, 0.1) is 12.1 Å². The van der Waals surface area contributed by atoms with Crippen LogP contribution in [0.5, 0.6) is 0 Å². The molecule has 2 heterocycles. The summed E-state index contributed by atoms with van der Waals surface area (Å²) >= 11 is 0. The fourth-order valence-electron chi connectivity index (χ4n) is 3.57. The van der Waals surface area contributed by atoms with Crippen molar-refractivity contribution in [3.05, 3.63) is 59.5 Å². The van der Waals surface area contributed by atoms with Gasteiger partial charge < -0.3 is 15.1 Å². The van der Waals surface area contributed by atoms with Crippen LogP contribution in [0.3, 0.4) is 0 Å². The summed E-state index contributed by atoms with van der Waals surface area (Å²) in [4.78, 5) is 17.0. The second kappa shape index (κ2) is 7.85. The number of piperidine rings is 1. The lowest BCUT2D eigenvalue weighted by Crippen LogP contribution is -2.49. The van der Waals surface area contributed by atoms with Crippen LogP contribution in [0, 0.1) is 0 Å². The summed E-state index contributed by atoms with van der Waals surface area (Å²) in [7, 11) is 1.89. The predicted molar refractivity (Wildman–Crippen MR) is 98.0 cm³/mol. The summed E-state index contributed by atoms with van der Waals surface area (Å²) in [6.45, 7) is 4.52. The largest absolute Gasteiger partial charge is 0.467 e. The van der Waals surface area contributed by atoms with Crippen molar-refractivity contribution in [2.75, 3.05) is 13.6 Å². The summed E-state index contributed by atoms with van der Waals surface area (Å²) in [6, 6.07) is 13.0. The number of amides is 1. The highest BCUT2D eigenvalue weighted by atomic mass is 16.3. The molecule has 25 heavy (non-hydrogen) atoms. The predicted octanol–water partition coefficient (Wildman–Crippen LogP) is 2.86. The number of nitrogens with zero attached hydrogens (tertiary/aromatic N) is 2. The van der Waals surface area contributed by atoms with Crippen LogP contribution >= 0.6 is 0 Å². The highest BCUT2D eigenvalue weighted by Gasteiger charge is 2.30. The topological polar surface area (TPSA) is 62.7 Å². The Labute approximate surface area is 149 Å². The van der Waals surface area contributed by atoms with Gasteiger partial charge in [-0.25, -0.2) is 0 Å². The summed E-state index contributed by atoms with van der Waals surface area (Å²) in [5.74, 6) is 0.653. The quantitative estimate of drug-likeness (QED) is 0.908.